The van der Waals surface area contributed by atoms with E-state index in [1.165, 1.54) is 22.3 Å². The largest absolute Gasteiger partial charge is 0.461 e. The normalized spacial score (nSPS) is 10.7. The molecule has 0 bridgehead atoms. The van der Waals surface area contributed by atoms with Crippen LogP contribution in [0.1, 0.15) is 34.2 Å². The monoisotopic (exact) mass is 537 g/mol. The fourth-order valence-corrected chi connectivity index (χ4v) is 4.79. The summed E-state index contributed by atoms with van der Waals surface area (Å²) in [5, 5.41) is 0. The summed E-state index contributed by atoms with van der Waals surface area (Å²) in [6.07, 6.45) is 2.76. The number of carbonyl (C=O) groups is 1. The van der Waals surface area contributed by atoms with Crippen molar-refractivity contribution in [3.63, 3.8) is 0 Å². The maximum atomic E-state index is 12.4. The molecule has 0 spiro atoms. The standard InChI is InChI=1S/C38H35NO2/c1-4-30-11-13-32(14-12-30)27-41-38(40)25-17-31-15-21-35(22-16-31)39(37-20-10-28(2)29(3)26-37)36-23-18-34(19-24-36)33-8-6-5-7-9-33/h4-16,18-24,26H,1,17,25,27H2,2-3H3. The maximum Gasteiger partial charge on any atom is 0.306 e. The Hall–Kier alpha value is -4.89. The lowest BCUT2D eigenvalue weighted by Gasteiger charge is -2.26. The van der Waals surface area contributed by atoms with Crippen LogP contribution >= 0.6 is 0 Å². The van der Waals surface area contributed by atoms with Crippen LogP contribution in [0.2, 0.25) is 0 Å². The second kappa shape index (κ2) is 13.0. The molecule has 0 aliphatic carbocycles. The van der Waals surface area contributed by atoms with E-state index in [1.54, 1.807) is 6.08 Å². The fourth-order valence-electron chi connectivity index (χ4n) is 4.79. The van der Waals surface area contributed by atoms with Crippen LogP contribution in [0.3, 0.4) is 0 Å². The van der Waals surface area contributed by atoms with E-state index < -0.39 is 0 Å². The van der Waals surface area contributed by atoms with Crippen molar-refractivity contribution in [2.45, 2.75) is 33.3 Å². The van der Waals surface area contributed by atoms with Crippen molar-refractivity contribution in [1.82, 2.24) is 0 Å². The molecular weight excluding hydrogens is 502 g/mol. The summed E-state index contributed by atoms with van der Waals surface area (Å²) in [6.45, 7) is 8.33. The van der Waals surface area contributed by atoms with Crippen LogP contribution in [0.5, 0.6) is 0 Å². The van der Waals surface area contributed by atoms with Crippen LogP contribution in [0.25, 0.3) is 17.2 Å². The van der Waals surface area contributed by atoms with Gasteiger partial charge in [-0.1, -0.05) is 97.6 Å². The number of anilines is 3. The lowest BCUT2D eigenvalue weighted by Crippen LogP contribution is -2.10. The molecule has 204 valence electrons. The summed E-state index contributed by atoms with van der Waals surface area (Å²) in [5.74, 6) is -0.197. The zero-order valence-electron chi connectivity index (χ0n) is 23.7. The second-order valence-corrected chi connectivity index (χ2v) is 10.3. The van der Waals surface area contributed by atoms with E-state index in [0.29, 0.717) is 12.8 Å². The molecule has 0 atom stereocenters. The Balaban J connectivity index is 1.30. The Bertz CT molecular complexity index is 1600. The first kappa shape index (κ1) is 27.7. The van der Waals surface area contributed by atoms with Crippen molar-refractivity contribution >= 4 is 29.1 Å². The van der Waals surface area contributed by atoms with Crippen molar-refractivity contribution in [2.24, 2.45) is 0 Å². The SMILES string of the molecule is C=Cc1ccc(COC(=O)CCc2ccc(N(c3ccc(-c4ccccc4)cc3)c3ccc(C)c(C)c3)cc2)cc1. The van der Waals surface area contributed by atoms with Gasteiger partial charge in [-0.3, -0.25) is 4.79 Å². The van der Waals surface area contributed by atoms with Gasteiger partial charge in [-0.15, -0.1) is 0 Å². The number of hydrogen-bond donors (Lipinski definition) is 0. The molecule has 5 aromatic carbocycles. The Labute approximate surface area is 243 Å². The lowest BCUT2D eigenvalue weighted by molar-refractivity contribution is -0.144. The Morgan fingerprint density at radius 1 is 0.683 bits per heavy atom. The zero-order valence-corrected chi connectivity index (χ0v) is 23.7. The summed E-state index contributed by atoms with van der Waals surface area (Å²) < 4.78 is 5.49. The molecule has 0 amide bonds. The van der Waals surface area contributed by atoms with Crippen molar-refractivity contribution < 1.29 is 9.53 Å². The molecule has 0 radical (unpaired) electrons. The Morgan fingerprint density at radius 2 is 1.27 bits per heavy atom. The van der Waals surface area contributed by atoms with Gasteiger partial charge in [0, 0.05) is 23.5 Å². The third-order valence-electron chi connectivity index (χ3n) is 7.41. The molecule has 0 fully saturated rings. The molecule has 0 N–H and O–H groups in total. The van der Waals surface area contributed by atoms with E-state index >= 15 is 0 Å². The van der Waals surface area contributed by atoms with Gasteiger partial charge in [-0.25, -0.2) is 0 Å². The number of aryl methyl sites for hydroxylation is 3. The van der Waals surface area contributed by atoms with Gasteiger partial charge >= 0.3 is 5.97 Å². The number of esters is 1. The van der Waals surface area contributed by atoms with Gasteiger partial charge in [0.1, 0.15) is 6.61 Å². The third kappa shape index (κ3) is 7.01. The fraction of sp³-hybridized carbons (Fsp3) is 0.132. The van der Waals surface area contributed by atoms with Gasteiger partial charge in [-0.2, -0.15) is 0 Å². The predicted molar refractivity (Wildman–Crippen MR) is 171 cm³/mol. The van der Waals surface area contributed by atoms with Crippen LogP contribution in [0.15, 0.2) is 128 Å². The molecule has 0 heterocycles. The molecule has 5 aromatic rings. The number of nitrogens with zero attached hydrogens (tertiary/aromatic N) is 1. The maximum absolute atomic E-state index is 12.4. The minimum Gasteiger partial charge on any atom is -0.461 e. The van der Waals surface area contributed by atoms with E-state index in [1.807, 2.05) is 30.3 Å². The van der Waals surface area contributed by atoms with Gasteiger partial charge in [-0.05, 0) is 95.6 Å². The molecule has 0 aliphatic rings. The van der Waals surface area contributed by atoms with E-state index in [2.05, 4.69) is 116 Å². The van der Waals surface area contributed by atoms with Crippen LogP contribution in [0, 0.1) is 13.8 Å². The zero-order chi connectivity index (χ0) is 28.6. The Kier molecular flexibility index (Phi) is 8.76. The summed E-state index contributed by atoms with van der Waals surface area (Å²) >= 11 is 0. The van der Waals surface area contributed by atoms with Crippen molar-refractivity contribution in [3.8, 4) is 11.1 Å². The topological polar surface area (TPSA) is 29.5 Å². The van der Waals surface area contributed by atoms with Crippen molar-refractivity contribution in [2.75, 3.05) is 4.90 Å². The molecule has 0 unspecified atom stereocenters. The minimum atomic E-state index is -0.197. The van der Waals surface area contributed by atoms with Gasteiger partial charge in [0.15, 0.2) is 0 Å². The molecule has 3 heteroatoms. The van der Waals surface area contributed by atoms with Crippen molar-refractivity contribution in [3.05, 3.63) is 156 Å². The van der Waals surface area contributed by atoms with Crippen LogP contribution in [-0.4, -0.2) is 5.97 Å². The van der Waals surface area contributed by atoms with E-state index in [9.17, 15) is 4.79 Å². The highest BCUT2D eigenvalue weighted by Gasteiger charge is 2.14. The third-order valence-corrected chi connectivity index (χ3v) is 7.41. The predicted octanol–water partition coefficient (Wildman–Crippen LogP) is 9.76. The molecule has 5 rings (SSSR count). The summed E-state index contributed by atoms with van der Waals surface area (Å²) in [6, 6.07) is 42.0. The molecule has 3 nitrogen and oxygen atoms in total. The summed E-state index contributed by atoms with van der Waals surface area (Å²) in [7, 11) is 0. The number of rotatable bonds is 10. The number of hydrogen-bond acceptors (Lipinski definition) is 3. The number of carbonyl (C=O) groups excluding carboxylic acids is 1. The minimum absolute atomic E-state index is 0.197. The van der Waals surface area contributed by atoms with Crippen LogP contribution in [-0.2, 0) is 22.6 Å². The molecule has 0 saturated carbocycles. The quantitative estimate of drug-likeness (QED) is 0.166. The van der Waals surface area contributed by atoms with Gasteiger partial charge in [0.05, 0.1) is 0 Å². The second-order valence-electron chi connectivity index (χ2n) is 10.3. The molecule has 0 saturated heterocycles. The van der Waals surface area contributed by atoms with Crippen molar-refractivity contribution in [1.29, 1.82) is 0 Å². The van der Waals surface area contributed by atoms with E-state index in [4.69, 9.17) is 4.74 Å². The summed E-state index contributed by atoms with van der Waals surface area (Å²) in [5.41, 5.74) is 11.3. The lowest BCUT2D eigenvalue weighted by atomic mass is 10.0. The number of benzene rings is 5. The number of ether oxygens (including phenoxy) is 1. The molecule has 0 aromatic heterocycles. The highest BCUT2D eigenvalue weighted by atomic mass is 16.5. The first-order valence-electron chi connectivity index (χ1n) is 14.0. The van der Waals surface area contributed by atoms with E-state index in [-0.39, 0.29) is 12.6 Å². The Morgan fingerprint density at radius 3 is 1.90 bits per heavy atom. The molecule has 41 heavy (non-hydrogen) atoms. The highest BCUT2D eigenvalue weighted by molar-refractivity contribution is 5.79. The van der Waals surface area contributed by atoms with E-state index in [0.717, 1.165) is 33.8 Å². The van der Waals surface area contributed by atoms with Gasteiger partial charge < -0.3 is 9.64 Å². The van der Waals surface area contributed by atoms with Gasteiger partial charge in [0.25, 0.3) is 0 Å². The first-order chi connectivity index (χ1) is 20.0. The first-order valence-corrected chi connectivity index (χ1v) is 14.0. The average Bonchev–Trinajstić information content (AvgIpc) is 3.02. The van der Waals surface area contributed by atoms with Crippen LogP contribution in [0.4, 0.5) is 17.1 Å². The highest BCUT2D eigenvalue weighted by Crippen LogP contribution is 2.36. The smallest absolute Gasteiger partial charge is 0.306 e. The van der Waals surface area contributed by atoms with Crippen LogP contribution < -0.4 is 4.90 Å². The van der Waals surface area contributed by atoms with Gasteiger partial charge in [0.2, 0.25) is 0 Å². The summed E-state index contributed by atoms with van der Waals surface area (Å²) in [4.78, 5) is 14.7. The average molecular weight is 538 g/mol. The molecule has 0 aliphatic heterocycles. The molecular formula is C38H35NO2.